The lowest BCUT2D eigenvalue weighted by Gasteiger charge is -2.34. The minimum absolute atomic E-state index is 0.679. The van der Waals surface area contributed by atoms with Gasteiger partial charge in [-0.3, -0.25) is 0 Å². The van der Waals surface area contributed by atoms with Crippen LogP contribution in [0, 0.1) is 0 Å². The molecule has 28 heavy (non-hydrogen) atoms. The van der Waals surface area contributed by atoms with Crippen LogP contribution in [-0.4, -0.2) is 48.1 Å². The molecule has 144 valence electrons. The molecule has 2 N–H and O–H groups in total. The van der Waals surface area contributed by atoms with Crippen LogP contribution in [-0.2, 0) is 0 Å². The molecule has 2 heterocycles. The fourth-order valence-corrected chi connectivity index (χ4v) is 3.37. The molecule has 0 atom stereocenters. The number of anilines is 5. The Kier molecular flexibility index (Phi) is 5.60. The maximum absolute atomic E-state index is 6.03. The first-order valence-electron chi connectivity index (χ1n) is 9.31. The molecule has 0 saturated carbocycles. The summed E-state index contributed by atoms with van der Waals surface area (Å²) in [5, 5.41) is 7.25. The van der Waals surface area contributed by atoms with Gasteiger partial charge in [0.2, 0.25) is 0 Å². The Morgan fingerprint density at radius 1 is 0.821 bits per heavy atom. The van der Waals surface area contributed by atoms with Crippen molar-refractivity contribution in [2.45, 2.75) is 0 Å². The van der Waals surface area contributed by atoms with E-state index >= 15 is 0 Å². The third-order valence-corrected chi connectivity index (χ3v) is 5.01. The average molecular weight is 395 g/mol. The predicted molar refractivity (Wildman–Crippen MR) is 116 cm³/mol. The maximum Gasteiger partial charge on any atom is 0.135 e. The normalized spacial score (nSPS) is 14.7. The molecule has 2 aromatic carbocycles. The van der Waals surface area contributed by atoms with Crippen LogP contribution in [0.25, 0.3) is 0 Å². The van der Waals surface area contributed by atoms with Gasteiger partial charge in [-0.15, -0.1) is 0 Å². The highest BCUT2D eigenvalue weighted by molar-refractivity contribution is 6.30. The van der Waals surface area contributed by atoms with E-state index in [9.17, 15) is 0 Å². The third kappa shape index (κ3) is 4.71. The highest BCUT2D eigenvalue weighted by Crippen LogP contribution is 2.23. The van der Waals surface area contributed by atoms with Gasteiger partial charge in [-0.1, -0.05) is 17.7 Å². The number of hydrogen-bond donors (Lipinski definition) is 2. The minimum atomic E-state index is 0.679. The summed E-state index contributed by atoms with van der Waals surface area (Å²) in [7, 11) is 2.17. The number of halogens is 1. The Labute approximate surface area is 170 Å². The number of rotatable bonds is 5. The van der Waals surface area contributed by atoms with Gasteiger partial charge in [-0.05, 0) is 49.5 Å². The molecule has 0 unspecified atom stereocenters. The molecule has 7 heteroatoms. The molecule has 0 amide bonds. The number of benzene rings is 2. The summed E-state index contributed by atoms with van der Waals surface area (Å²) in [6.07, 6.45) is 1.54. The van der Waals surface area contributed by atoms with Crippen LogP contribution < -0.4 is 15.5 Å². The van der Waals surface area contributed by atoms with Gasteiger partial charge < -0.3 is 20.4 Å². The monoisotopic (exact) mass is 394 g/mol. The van der Waals surface area contributed by atoms with Gasteiger partial charge in [0, 0.05) is 54.3 Å². The number of nitrogens with one attached hydrogen (secondary N) is 2. The van der Waals surface area contributed by atoms with Crippen molar-refractivity contribution in [2.24, 2.45) is 0 Å². The molecule has 0 bridgehead atoms. The molecule has 1 aliphatic rings. The first-order valence-corrected chi connectivity index (χ1v) is 9.69. The lowest BCUT2D eigenvalue weighted by atomic mass is 10.2. The van der Waals surface area contributed by atoms with Crippen LogP contribution in [0.15, 0.2) is 60.9 Å². The summed E-state index contributed by atoms with van der Waals surface area (Å²) in [5.74, 6) is 1.43. The smallest absolute Gasteiger partial charge is 0.135 e. The van der Waals surface area contributed by atoms with Crippen LogP contribution in [0.1, 0.15) is 0 Å². The van der Waals surface area contributed by atoms with Gasteiger partial charge in [0.15, 0.2) is 0 Å². The molecule has 1 fully saturated rings. The third-order valence-electron chi connectivity index (χ3n) is 4.77. The van der Waals surface area contributed by atoms with Crippen LogP contribution in [0.2, 0.25) is 5.02 Å². The van der Waals surface area contributed by atoms with Crippen molar-refractivity contribution in [1.29, 1.82) is 0 Å². The lowest BCUT2D eigenvalue weighted by molar-refractivity contribution is 0.313. The standard InChI is InChI=1S/C21H23ClN6/c1-27-9-11-28(12-10-27)19-7-5-17(6-8-19)25-20-14-21(24-15-23-20)26-18-4-2-3-16(22)13-18/h2-8,13-15H,9-12H2,1H3,(H2,23,24,25,26). The fourth-order valence-electron chi connectivity index (χ4n) is 3.18. The van der Waals surface area contributed by atoms with Gasteiger partial charge in [0.25, 0.3) is 0 Å². The summed E-state index contributed by atoms with van der Waals surface area (Å²) >= 11 is 6.03. The van der Waals surface area contributed by atoms with Crippen LogP contribution in [0.4, 0.5) is 28.7 Å². The molecule has 3 aromatic rings. The quantitative estimate of drug-likeness (QED) is 0.670. The second-order valence-corrected chi connectivity index (χ2v) is 7.32. The Bertz CT molecular complexity index is 922. The minimum Gasteiger partial charge on any atom is -0.369 e. The zero-order valence-electron chi connectivity index (χ0n) is 15.8. The number of hydrogen-bond acceptors (Lipinski definition) is 6. The Morgan fingerprint density at radius 3 is 2.18 bits per heavy atom. The van der Waals surface area contributed by atoms with E-state index in [0.29, 0.717) is 10.8 Å². The second kappa shape index (κ2) is 8.46. The molecule has 0 radical (unpaired) electrons. The van der Waals surface area contributed by atoms with Gasteiger partial charge in [-0.2, -0.15) is 0 Å². The Balaban J connectivity index is 1.41. The molecule has 4 rings (SSSR count). The molecular formula is C21H23ClN6. The van der Waals surface area contributed by atoms with E-state index < -0.39 is 0 Å². The van der Waals surface area contributed by atoms with Crippen molar-refractivity contribution in [2.75, 3.05) is 48.8 Å². The summed E-state index contributed by atoms with van der Waals surface area (Å²) in [6, 6.07) is 17.9. The lowest BCUT2D eigenvalue weighted by Crippen LogP contribution is -2.44. The first-order chi connectivity index (χ1) is 13.7. The van der Waals surface area contributed by atoms with Gasteiger partial charge in [0.1, 0.15) is 18.0 Å². The second-order valence-electron chi connectivity index (χ2n) is 6.89. The molecule has 1 saturated heterocycles. The van der Waals surface area contributed by atoms with Crippen molar-refractivity contribution >= 4 is 40.3 Å². The first kappa shape index (κ1) is 18.5. The fraction of sp³-hybridized carbons (Fsp3) is 0.238. The summed E-state index contributed by atoms with van der Waals surface area (Å²) in [5.41, 5.74) is 3.13. The maximum atomic E-state index is 6.03. The van der Waals surface area contributed by atoms with Crippen molar-refractivity contribution in [1.82, 2.24) is 14.9 Å². The van der Waals surface area contributed by atoms with Crippen molar-refractivity contribution < 1.29 is 0 Å². The SMILES string of the molecule is CN1CCN(c2ccc(Nc3cc(Nc4cccc(Cl)c4)ncn3)cc2)CC1. The van der Waals surface area contributed by atoms with E-state index in [-0.39, 0.29) is 0 Å². The van der Waals surface area contributed by atoms with Crippen LogP contribution in [0.3, 0.4) is 0 Å². The van der Waals surface area contributed by atoms with E-state index in [2.05, 4.69) is 61.7 Å². The van der Waals surface area contributed by atoms with Crippen molar-refractivity contribution in [3.63, 3.8) is 0 Å². The predicted octanol–water partition coefficient (Wildman–Crippen LogP) is 4.37. The highest BCUT2D eigenvalue weighted by atomic mass is 35.5. The zero-order chi connectivity index (χ0) is 19.3. The Morgan fingerprint density at radius 2 is 1.50 bits per heavy atom. The van der Waals surface area contributed by atoms with E-state index in [4.69, 9.17) is 11.6 Å². The number of likely N-dealkylation sites (N-methyl/N-ethyl adjacent to an activating group) is 1. The van der Waals surface area contributed by atoms with Gasteiger partial charge >= 0.3 is 0 Å². The van der Waals surface area contributed by atoms with E-state index in [1.165, 1.54) is 12.0 Å². The topological polar surface area (TPSA) is 56.3 Å². The molecule has 1 aromatic heterocycles. The zero-order valence-corrected chi connectivity index (χ0v) is 16.5. The Hall–Kier alpha value is -2.83. The molecular weight excluding hydrogens is 372 g/mol. The summed E-state index contributed by atoms with van der Waals surface area (Å²) in [4.78, 5) is 13.4. The number of piperazine rings is 1. The van der Waals surface area contributed by atoms with Crippen LogP contribution >= 0.6 is 11.6 Å². The molecule has 1 aliphatic heterocycles. The number of aromatic nitrogens is 2. The molecule has 0 aliphatic carbocycles. The van der Waals surface area contributed by atoms with Crippen LogP contribution in [0.5, 0.6) is 0 Å². The average Bonchev–Trinajstić information content (AvgIpc) is 2.70. The summed E-state index contributed by atoms with van der Waals surface area (Å²) < 4.78 is 0. The molecule has 6 nitrogen and oxygen atoms in total. The van der Waals surface area contributed by atoms with E-state index in [1.807, 2.05) is 30.3 Å². The van der Waals surface area contributed by atoms with Crippen molar-refractivity contribution in [3.05, 3.63) is 65.9 Å². The van der Waals surface area contributed by atoms with Crippen molar-refractivity contribution in [3.8, 4) is 0 Å². The van der Waals surface area contributed by atoms with Gasteiger partial charge in [-0.25, -0.2) is 9.97 Å². The van der Waals surface area contributed by atoms with E-state index in [0.717, 1.165) is 43.4 Å². The van der Waals surface area contributed by atoms with E-state index in [1.54, 1.807) is 0 Å². The summed E-state index contributed by atoms with van der Waals surface area (Å²) in [6.45, 7) is 4.33. The molecule has 0 spiro atoms. The van der Waals surface area contributed by atoms with Gasteiger partial charge in [0.05, 0.1) is 0 Å². The number of nitrogens with zero attached hydrogens (tertiary/aromatic N) is 4. The largest absolute Gasteiger partial charge is 0.369 e. The highest BCUT2D eigenvalue weighted by Gasteiger charge is 2.14.